The predicted molar refractivity (Wildman–Crippen MR) is 87.1 cm³/mol. The molecule has 5 heteroatoms. The van der Waals surface area contributed by atoms with Crippen molar-refractivity contribution in [3.63, 3.8) is 0 Å². The van der Waals surface area contributed by atoms with Crippen LogP contribution >= 0.6 is 0 Å². The number of carbonyl (C=O) groups excluding carboxylic acids is 1. The first-order chi connectivity index (χ1) is 11.2. The zero-order valence-electron chi connectivity index (χ0n) is 13.8. The molecule has 23 heavy (non-hydrogen) atoms. The molecule has 0 N–H and O–H groups in total. The average molecular weight is 313 g/mol. The molecule has 1 aromatic heterocycles. The summed E-state index contributed by atoms with van der Waals surface area (Å²) in [6, 6.07) is 8.47. The summed E-state index contributed by atoms with van der Waals surface area (Å²) < 4.78 is 5.33. The predicted octanol–water partition coefficient (Wildman–Crippen LogP) is 2.89. The van der Waals surface area contributed by atoms with E-state index >= 15 is 0 Å². The van der Waals surface area contributed by atoms with Crippen molar-refractivity contribution < 1.29 is 9.32 Å². The van der Waals surface area contributed by atoms with Gasteiger partial charge in [0.2, 0.25) is 11.8 Å². The van der Waals surface area contributed by atoms with Crippen LogP contribution in [0.3, 0.4) is 0 Å². The van der Waals surface area contributed by atoms with Gasteiger partial charge in [-0.1, -0.05) is 41.9 Å². The first-order valence-electron chi connectivity index (χ1n) is 8.31. The van der Waals surface area contributed by atoms with Crippen molar-refractivity contribution in [2.75, 3.05) is 13.1 Å². The van der Waals surface area contributed by atoms with Gasteiger partial charge in [0.1, 0.15) is 0 Å². The second-order valence-corrected chi connectivity index (χ2v) is 6.28. The summed E-state index contributed by atoms with van der Waals surface area (Å²) in [5, 5.41) is 3.99. The summed E-state index contributed by atoms with van der Waals surface area (Å²) in [4.78, 5) is 18.5. The van der Waals surface area contributed by atoms with Gasteiger partial charge in [-0.3, -0.25) is 4.79 Å². The summed E-state index contributed by atoms with van der Waals surface area (Å²) in [6.07, 6.45) is 3.16. The topological polar surface area (TPSA) is 59.2 Å². The van der Waals surface area contributed by atoms with Gasteiger partial charge in [-0.05, 0) is 25.3 Å². The van der Waals surface area contributed by atoms with Crippen molar-refractivity contribution in [3.05, 3.63) is 47.1 Å². The van der Waals surface area contributed by atoms with Gasteiger partial charge in [-0.25, -0.2) is 0 Å². The van der Waals surface area contributed by atoms with Crippen molar-refractivity contribution in [2.45, 2.75) is 45.4 Å². The zero-order valence-corrected chi connectivity index (χ0v) is 13.8. The van der Waals surface area contributed by atoms with E-state index < -0.39 is 0 Å². The number of aromatic nitrogens is 2. The number of carbonyl (C=O) groups is 1. The van der Waals surface area contributed by atoms with Gasteiger partial charge in [0.05, 0.1) is 5.92 Å². The lowest BCUT2D eigenvalue weighted by molar-refractivity contribution is -0.127. The molecule has 5 nitrogen and oxygen atoms in total. The molecule has 1 aliphatic heterocycles. The second-order valence-electron chi connectivity index (χ2n) is 6.28. The van der Waals surface area contributed by atoms with Gasteiger partial charge in [-0.15, -0.1) is 0 Å². The summed E-state index contributed by atoms with van der Waals surface area (Å²) in [7, 11) is 0. The van der Waals surface area contributed by atoms with Crippen LogP contribution < -0.4 is 0 Å². The Kier molecular flexibility index (Phi) is 4.74. The molecule has 1 aliphatic rings. The number of rotatable bonds is 6. The highest BCUT2D eigenvalue weighted by molar-refractivity contribution is 5.79. The Hall–Kier alpha value is -2.17. The lowest BCUT2D eigenvalue weighted by Crippen LogP contribution is -2.27. The third-order valence-electron chi connectivity index (χ3n) is 4.31. The van der Waals surface area contributed by atoms with Crippen molar-refractivity contribution in [2.24, 2.45) is 0 Å². The summed E-state index contributed by atoms with van der Waals surface area (Å²) >= 11 is 0. The van der Waals surface area contributed by atoms with Crippen molar-refractivity contribution >= 4 is 5.91 Å². The Morgan fingerprint density at radius 1 is 1.26 bits per heavy atom. The number of hydrogen-bond donors (Lipinski definition) is 0. The normalized spacial score (nSPS) is 17.9. The number of likely N-dealkylation sites (tertiary alicyclic amines) is 1. The van der Waals surface area contributed by atoms with Crippen LogP contribution in [0.2, 0.25) is 0 Å². The lowest BCUT2D eigenvalue weighted by Gasteiger charge is -2.15. The molecule has 122 valence electrons. The van der Waals surface area contributed by atoms with Crippen molar-refractivity contribution in [1.29, 1.82) is 0 Å². The van der Waals surface area contributed by atoms with Crippen LogP contribution in [0.1, 0.15) is 48.5 Å². The third-order valence-corrected chi connectivity index (χ3v) is 4.31. The molecule has 1 amide bonds. The molecule has 0 aliphatic carbocycles. The highest BCUT2D eigenvalue weighted by Crippen LogP contribution is 2.27. The molecular formula is C18H23N3O2. The van der Waals surface area contributed by atoms with Gasteiger partial charge in [-0.2, -0.15) is 4.98 Å². The molecule has 0 radical (unpaired) electrons. The van der Waals surface area contributed by atoms with Crippen molar-refractivity contribution in [3.8, 4) is 0 Å². The largest absolute Gasteiger partial charge is 0.342 e. The van der Waals surface area contributed by atoms with Crippen LogP contribution in [0.5, 0.6) is 0 Å². The van der Waals surface area contributed by atoms with E-state index in [2.05, 4.69) is 48.3 Å². The molecule has 0 saturated carbocycles. The minimum Gasteiger partial charge on any atom is -0.342 e. The molecule has 1 atom stereocenters. The smallest absolute Gasteiger partial charge is 0.232 e. The Bertz CT molecular complexity index is 663. The molecule has 0 bridgehead atoms. The van der Waals surface area contributed by atoms with Crippen LogP contribution in [0.25, 0.3) is 0 Å². The average Bonchev–Trinajstić information content (AvgIpc) is 3.14. The minimum absolute atomic E-state index is 0.0404. The molecule has 1 fully saturated rings. The van der Waals surface area contributed by atoms with E-state index in [0.29, 0.717) is 18.9 Å². The summed E-state index contributed by atoms with van der Waals surface area (Å²) in [5.41, 5.74) is 2.51. The van der Waals surface area contributed by atoms with Crippen molar-refractivity contribution in [1.82, 2.24) is 15.0 Å². The van der Waals surface area contributed by atoms with E-state index in [0.717, 1.165) is 31.6 Å². The first kappa shape index (κ1) is 15.7. The number of hydrogen-bond acceptors (Lipinski definition) is 4. The maximum Gasteiger partial charge on any atom is 0.232 e. The molecule has 1 saturated heterocycles. The Morgan fingerprint density at radius 2 is 2.04 bits per heavy atom. The number of aryl methyl sites for hydroxylation is 2. The second kappa shape index (κ2) is 6.94. The van der Waals surface area contributed by atoms with Crippen LogP contribution in [0.4, 0.5) is 0 Å². The Labute approximate surface area is 136 Å². The van der Waals surface area contributed by atoms with Gasteiger partial charge >= 0.3 is 0 Å². The fourth-order valence-electron chi connectivity index (χ4n) is 2.93. The van der Waals surface area contributed by atoms with E-state index in [-0.39, 0.29) is 11.8 Å². The van der Waals surface area contributed by atoms with Gasteiger partial charge in [0.25, 0.3) is 0 Å². The first-order valence-corrected chi connectivity index (χ1v) is 8.31. The standard InChI is InChI=1S/C18H23N3O2/c1-3-4-16-19-18(23-20-16)15-11-17(22)21(12-15)10-9-14-7-5-13(2)6-8-14/h5-8,15H,3-4,9-12H2,1-2H3. The monoisotopic (exact) mass is 313 g/mol. The number of benzene rings is 1. The summed E-state index contributed by atoms with van der Waals surface area (Å²) in [5.74, 6) is 1.57. The van der Waals surface area contributed by atoms with E-state index in [4.69, 9.17) is 4.52 Å². The van der Waals surface area contributed by atoms with E-state index in [1.165, 1.54) is 11.1 Å². The molecule has 0 spiro atoms. The fourth-order valence-corrected chi connectivity index (χ4v) is 2.93. The van der Waals surface area contributed by atoms with Gasteiger partial charge < -0.3 is 9.42 Å². The molecule has 1 unspecified atom stereocenters. The van der Waals surface area contributed by atoms with Crippen LogP contribution in [0.15, 0.2) is 28.8 Å². The minimum atomic E-state index is 0.0404. The van der Waals surface area contributed by atoms with E-state index in [9.17, 15) is 4.79 Å². The molecule has 1 aromatic carbocycles. The van der Waals surface area contributed by atoms with E-state index in [1.807, 2.05) is 4.90 Å². The van der Waals surface area contributed by atoms with Gasteiger partial charge in [0, 0.05) is 25.9 Å². The molecule has 3 rings (SSSR count). The fraction of sp³-hybridized carbons (Fsp3) is 0.500. The zero-order chi connectivity index (χ0) is 16.2. The highest BCUT2D eigenvalue weighted by atomic mass is 16.5. The van der Waals surface area contributed by atoms with Crippen LogP contribution in [0, 0.1) is 6.92 Å². The Balaban J connectivity index is 1.57. The van der Waals surface area contributed by atoms with Crippen LogP contribution in [-0.2, 0) is 17.6 Å². The third kappa shape index (κ3) is 3.78. The number of nitrogens with zero attached hydrogens (tertiary/aromatic N) is 3. The molecule has 2 heterocycles. The maximum absolute atomic E-state index is 12.2. The molecule has 2 aromatic rings. The quantitative estimate of drug-likeness (QED) is 0.823. The molecular weight excluding hydrogens is 290 g/mol. The van der Waals surface area contributed by atoms with Gasteiger partial charge in [0.15, 0.2) is 5.82 Å². The lowest BCUT2D eigenvalue weighted by atomic mass is 10.1. The SMILES string of the molecule is CCCc1noc(C2CC(=O)N(CCc3ccc(C)cc3)C2)n1. The van der Waals surface area contributed by atoms with Crippen LogP contribution in [-0.4, -0.2) is 34.0 Å². The highest BCUT2D eigenvalue weighted by Gasteiger charge is 2.33. The maximum atomic E-state index is 12.2. The van der Waals surface area contributed by atoms with E-state index in [1.54, 1.807) is 0 Å². The Morgan fingerprint density at radius 3 is 2.78 bits per heavy atom. The number of amides is 1. The summed E-state index contributed by atoms with van der Waals surface area (Å²) in [6.45, 7) is 5.59.